The summed E-state index contributed by atoms with van der Waals surface area (Å²) < 4.78 is 5.01. The molecule has 1 saturated heterocycles. The molecular weight excluding hydrogens is 152 g/mol. The fraction of sp³-hybridized carbons (Fsp3) is 1.00. The van der Waals surface area contributed by atoms with E-state index in [0.29, 0.717) is 0 Å². The normalized spacial score (nSPS) is 30.2. The van der Waals surface area contributed by atoms with Crippen LogP contribution in [0.5, 0.6) is 0 Å². The largest absolute Gasteiger partial charge is 0.390 e. The number of epoxide rings is 1. The first-order valence-corrected chi connectivity index (χ1v) is 5.16. The number of ether oxygens (including phenoxy) is 1. The third-order valence-corrected chi connectivity index (χ3v) is 2.85. The molecule has 2 heteroatoms. The second-order valence-corrected chi connectivity index (χ2v) is 4.17. The molecule has 0 aromatic carbocycles. The van der Waals surface area contributed by atoms with Gasteiger partial charge in [0.15, 0.2) is 0 Å². The minimum absolute atomic E-state index is 0.177. The molecule has 0 unspecified atom stereocenters. The molecule has 2 nitrogen and oxygen atoms in total. The summed E-state index contributed by atoms with van der Waals surface area (Å²) in [5.41, 5.74) is 0. The summed E-state index contributed by atoms with van der Waals surface area (Å²) in [6, 6.07) is 0. The highest BCUT2D eigenvalue weighted by molar-refractivity contribution is 4.78. The fourth-order valence-electron chi connectivity index (χ4n) is 1.66. The Morgan fingerprint density at radius 3 is 2.67 bits per heavy atom. The molecule has 2 rings (SSSR count). The molecule has 70 valence electrons. The lowest BCUT2D eigenvalue weighted by atomic mass is 10.1. The molecule has 1 N–H and O–H groups in total. The monoisotopic (exact) mass is 170 g/mol. The molecule has 1 aliphatic heterocycles. The Bertz CT molecular complexity index is 139. The highest BCUT2D eigenvalue weighted by atomic mass is 16.6. The summed E-state index contributed by atoms with van der Waals surface area (Å²) in [5, 5.41) is 9.44. The first-order chi connectivity index (χ1) is 5.86. The van der Waals surface area contributed by atoms with E-state index in [4.69, 9.17) is 4.74 Å². The average molecular weight is 170 g/mol. The lowest BCUT2D eigenvalue weighted by molar-refractivity contribution is 0.123. The predicted molar refractivity (Wildman–Crippen MR) is 46.9 cm³/mol. The van der Waals surface area contributed by atoms with E-state index < -0.39 is 0 Å². The summed E-state index contributed by atoms with van der Waals surface area (Å²) in [5.74, 6) is 1.04. The second kappa shape index (κ2) is 3.75. The van der Waals surface area contributed by atoms with Crippen molar-refractivity contribution >= 4 is 0 Å². The van der Waals surface area contributed by atoms with Crippen LogP contribution in [0.3, 0.4) is 0 Å². The van der Waals surface area contributed by atoms with Crippen LogP contribution >= 0.6 is 0 Å². The molecule has 0 bridgehead atoms. The molecule has 2 aliphatic rings. The van der Waals surface area contributed by atoms with Gasteiger partial charge in [-0.3, -0.25) is 0 Å². The quantitative estimate of drug-likeness (QED) is 0.486. The third-order valence-electron chi connectivity index (χ3n) is 2.85. The van der Waals surface area contributed by atoms with Crippen molar-refractivity contribution in [2.75, 3.05) is 6.61 Å². The van der Waals surface area contributed by atoms with Crippen molar-refractivity contribution in [2.45, 2.75) is 50.7 Å². The fourth-order valence-corrected chi connectivity index (χ4v) is 1.66. The minimum atomic E-state index is -0.177. The van der Waals surface area contributed by atoms with E-state index in [1.807, 2.05) is 0 Å². The van der Waals surface area contributed by atoms with Crippen LogP contribution in [-0.4, -0.2) is 23.9 Å². The Labute approximate surface area is 73.9 Å². The summed E-state index contributed by atoms with van der Waals surface area (Å²) in [4.78, 5) is 0. The van der Waals surface area contributed by atoms with Crippen molar-refractivity contribution in [1.29, 1.82) is 0 Å². The lowest BCUT2D eigenvalue weighted by Crippen LogP contribution is -2.13. The summed E-state index contributed by atoms with van der Waals surface area (Å²) in [6.45, 7) is 0.782. The number of unbranched alkanes of at least 4 members (excludes halogenated alkanes) is 1. The van der Waals surface area contributed by atoms with E-state index in [9.17, 15) is 5.11 Å². The first-order valence-electron chi connectivity index (χ1n) is 5.16. The predicted octanol–water partition coefficient (Wildman–Crippen LogP) is 1.72. The molecule has 1 heterocycles. The number of hydrogen-bond acceptors (Lipinski definition) is 2. The van der Waals surface area contributed by atoms with Crippen molar-refractivity contribution in [3.63, 3.8) is 0 Å². The molecule has 0 radical (unpaired) electrons. The van der Waals surface area contributed by atoms with Crippen molar-refractivity contribution < 1.29 is 9.84 Å². The van der Waals surface area contributed by atoms with Crippen LogP contribution in [0.15, 0.2) is 0 Å². The van der Waals surface area contributed by atoms with E-state index in [1.165, 1.54) is 32.1 Å². The van der Waals surface area contributed by atoms with Gasteiger partial charge in [0.25, 0.3) is 0 Å². The molecule has 12 heavy (non-hydrogen) atoms. The zero-order valence-electron chi connectivity index (χ0n) is 7.54. The van der Waals surface area contributed by atoms with E-state index in [0.717, 1.165) is 18.9 Å². The second-order valence-electron chi connectivity index (χ2n) is 4.17. The van der Waals surface area contributed by atoms with E-state index in [2.05, 4.69) is 0 Å². The SMILES string of the molecule is O[C@H](CCCCC1CC1)[C@H]1CO1. The Kier molecular flexibility index (Phi) is 2.66. The lowest BCUT2D eigenvalue weighted by Gasteiger charge is -2.05. The van der Waals surface area contributed by atoms with Crippen molar-refractivity contribution in [3.8, 4) is 0 Å². The molecular formula is C10H18O2. The highest BCUT2D eigenvalue weighted by Gasteiger charge is 2.30. The molecule has 0 aromatic heterocycles. The van der Waals surface area contributed by atoms with Gasteiger partial charge in [0.1, 0.15) is 6.10 Å². The van der Waals surface area contributed by atoms with Gasteiger partial charge in [0.2, 0.25) is 0 Å². The molecule has 2 atom stereocenters. The van der Waals surface area contributed by atoms with Gasteiger partial charge in [-0.2, -0.15) is 0 Å². The molecule has 0 aromatic rings. The van der Waals surface area contributed by atoms with Crippen molar-refractivity contribution in [2.24, 2.45) is 5.92 Å². The highest BCUT2D eigenvalue weighted by Crippen LogP contribution is 2.34. The number of aliphatic hydroxyl groups is 1. The minimum Gasteiger partial charge on any atom is -0.390 e. The van der Waals surface area contributed by atoms with E-state index >= 15 is 0 Å². The third kappa shape index (κ3) is 2.76. The van der Waals surface area contributed by atoms with Gasteiger partial charge >= 0.3 is 0 Å². The summed E-state index contributed by atoms with van der Waals surface area (Å²) in [6.07, 6.45) is 7.72. The van der Waals surface area contributed by atoms with Gasteiger partial charge in [-0.1, -0.05) is 32.1 Å². The number of aliphatic hydroxyl groups excluding tert-OH is 1. The van der Waals surface area contributed by atoms with E-state index in [1.54, 1.807) is 0 Å². The molecule has 2 fully saturated rings. The zero-order valence-corrected chi connectivity index (χ0v) is 7.54. The van der Waals surface area contributed by atoms with E-state index in [-0.39, 0.29) is 12.2 Å². The smallest absolute Gasteiger partial charge is 0.107 e. The van der Waals surface area contributed by atoms with Crippen LogP contribution in [0, 0.1) is 5.92 Å². The Balaban J connectivity index is 1.44. The topological polar surface area (TPSA) is 32.8 Å². The molecule has 0 spiro atoms. The van der Waals surface area contributed by atoms with Crippen molar-refractivity contribution in [3.05, 3.63) is 0 Å². The van der Waals surface area contributed by atoms with Gasteiger partial charge < -0.3 is 9.84 Å². The summed E-state index contributed by atoms with van der Waals surface area (Å²) in [7, 11) is 0. The molecule has 1 aliphatic carbocycles. The van der Waals surface area contributed by atoms with Crippen LogP contribution in [0.1, 0.15) is 38.5 Å². The van der Waals surface area contributed by atoms with Crippen LogP contribution in [-0.2, 0) is 4.74 Å². The maximum Gasteiger partial charge on any atom is 0.107 e. The standard InChI is InChI=1S/C10H18O2/c11-9(10-7-12-10)4-2-1-3-8-5-6-8/h8-11H,1-7H2/t9-,10-/m1/s1. The number of hydrogen-bond donors (Lipinski definition) is 1. The van der Waals surface area contributed by atoms with Crippen LogP contribution < -0.4 is 0 Å². The van der Waals surface area contributed by atoms with Gasteiger partial charge in [-0.05, 0) is 12.3 Å². The molecule has 0 amide bonds. The van der Waals surface area contributed by atoms with Gasteiger partial charge in [0, 0.05) is 0 Å². The average Bonchev–Trinajstić information content (AvgIpc) is 2.85. The van der Waals surface area contributed by atoms with Crippen LogP contribution in [0.2, 0.25) is 0 Å². The van der Waals surface area contributed by atoms with Crippen LogP contribution in [0.25, 0.3) is 0 Å². The molecule has 1 saturated carbocycles. The van der Waals surface area contributed by atoms with Gasteiger partial charge in [-0.15, -0.1) is 0 Å². The Morgan fingerprint density at radius 1 is 1.33 bits per heavy atom. The zero-order chi connectivity index (χ0) is 8.39. The van der Waals surface area contributed by atoms with Gasteiger partial charge in [0.05, 0.1) is 12.7 Å². The summed E-state index contributed by atoms with van der Waals surface area (Å²) >= 11 is 0. The van der Waals surface area contributed by atoms with Crippen molar-refractivity contribution in [1.82, 2.24) is 0 Å². The van der Waals surface area contributed by atoms with Crippen LogP contribution in [0.4, 0.5) is 0 Å². The Hall–Kier alpha value is -0.0800. The number of rotatable bonds is 6. The maximum absolute atomic E-state index is 9.44. The maximum atomic E-state index is 9.44. The first kappa shape index (κ1) is 8.52. The van der Waals surface area contributed by atoms with Gasteiger partial charge in [-0.25, -0.2) is 0 Å². The Morgan fingerprint density at radius 2 is 2.08 bits per heavy atom.